The number of carbonyl (C=O) groups is 2. The molecule has 13 heavy (non-hydrogen) atoms. The largest absolute Gasteiger partial charge is 0.467 e. The van der Waals surface area contributed by atoms with Crippen molar-refractivity contribution >= 4 is 11.7 Å². The second-order valence-electron chi connectivity index (χ2n) is 3.37. The van der Waals surface area contributed by atoms with E-state index in [1.807, 2.05) is 0 Å². The first-order chi connectivity index (χ1) is 6.11. The molecule has 2 heterocycles. The molecule has 1 amide bonds. The molecule has 0 aromatic carbocycles. The van der Waals surface area contributed by atoms with Crippen LogP contribution in [0.4, 0.5) is 0 Å². The minimum absolute atomic E-state index is 0.000185. The predicted octanol–water partition coefficient (Wildman–Crippen LogP) is 0.438. The van der Waals surface area contributed by atoms with Crippen molar-refractivity contribution in [2.45, 2.75) is 26.5 Å². The summed E-state index contributed by atoms with van der Waals surface area (Å²) in [6.45, 7) is 3.93. The van der Waals surface area contributed by atoms with Crippen LogP contribution in [0.3, 0.4) is 0 Å². The molecular formula is C9H11NO3. The number of ketones is 1. The second-order valence-corrected chi connectivity index (χ2v) is 3.37. The minimum Gasteiger partial charge on any atom is -0.467 e. The summed E-state index contributed by atoms with van der Waals surface area (Å²) in [5.74, 6) is 0.501. The molecular weight excluding hydrogens is 170 g/mol. The van der Waals surface area contributed by atoms with Crippen LogP contribution in [0.1, 0.15) is 20.3 Å². The lowest BCUT2D eigenvalue weighted by molar-refractivity contribution is -0.147. The first-order valence-electron chi connectivity index (χ1n) is 4.29. The Morgan fingerprint density at radius 3 is 2.77 bits per heavy atom. The number of fused-ring (bicyclic) bond motifs is 1. The molecule has 0 bridgehead atoms. The van der Waals surface area contributed by atoms with Crippen LogP contribution >= 0.6 is 0 Å². The Labute approximate surface area is 76.2 Å². The van der Waals surface area contributed by atoms with Crippen molar-refractivity contribution in [2.75, 3.05) is 6.54 Å². The average molecular weight is 181 g/mol. The number of amides is 1. The Bertz CT molecular complexity index is 319. The molecule has 2 rings (SSSR count). The Kier molecular flexibility index (Phi) is 1.65. The average Bonchev–Trinajstić information content (AvgIpc) is 2.45. The van der Waals surface area contributed by atoms with Gasteiger partial charge >= 0.3 is 0 Å². The van der Waals surface area contributed by atoms with Crippen molar-refractivity contribution in [3.8, 4) is 0 Å². The summed E-state index contributed by atoms with van der Waals surface area (Å²) in [6, 6.07) is 0. The van der Waals surface area contributed by atoms with Crippen LogP contribution < -0.4 is 0 Å². The van der Waals surface area contributed by atoms with Gasteiger partial charge in [-0.25, -0.2) is 0 Å². The standard InChI is InChI=1S/C9H11NO3/c1-5-6(2)13-9-7(11)3-4-10(9)8(5)12/h9H,3-4H2,1-2H3. The van der Waals surface area contributed by atoms with E-state index in [4.69, 9.17) is 4.74 Å². The highest BCUT2D eigenvalue weighted by atomic mass is 16.5. The molecule has 4 nitrogen and oxygen atoms in total. The first kappa shape index (κ1) is 8.29. The zero-order chi connectivity index (χ0) is 9.59. The molecule has 0 aromatic heterocycles. The summed E-state index contributed by atoms with van der Waals surface area (Å²) >= 11 is 0. The highest BCUT2D eigenvalue weighted by Crippen LogP contribution is 2.26. The molecule has 1 unspecified atom stereocenters. The number of ether oxygens (including phenoxy) is 1. The molecule has 0 saturated carbocycles. The van der Waals surface area contributed by atoms with E-state index < -0.39 is 6.23 Å². The van der Waals surface area contributed by atoms with E-state index in [9.17, 15) is 9.59 Å². The van der Waals surface area contributed by atoms with Crippen molar-refractivity contribution in [1.82, 2.24) is 4.90 Å². The van der Waals surface area contributed by atoms with Gasteiger partial charge in [-0.05, 0) is 13.8 Å². The van der Waals surface area contributed by atoms with E-state index >= 15 is 0 Å². The van der Waals surface area contributed by atoms with Gasteiger partial charge in [0.05, 0.1) is 5.57 Å². The van der Waals surface area contributed by atoms with Crippen LogP contribution in [0.5, 0.6) is 0 Å². The Balaban J connectivity index is 2.36. The zero-order valence-corrected chi connectivity index (χ0v) is 7.66. The van der Waals surface area contributed by atoms with Crippen LogP contribution in [0.15, 0.2) is 11.3 Å². The molecule has 2 aliphatic rings. The number of hydrogen-bond donors (Lipinski definition) is 0. The normalized spacial score (nSPS) is 27.8. The Morgan fingerprint density at radius 1 is 1.38 bits per heavy atom. The Hall–Kier alpha value is -1.32. The van der Waals surface area contributed by atoms with Gasteiger partial charge in [0.15, 0.2) is 5.78 Å². The summed E-state index contributed by atoms with van der Waals surface area (Å²) in [5.41, 5.74) is 0.603. The molecule has 0 radical (unpaired) electrons. The van der Waals surface area contributed by atoms with Gasteiger partial charge in [-0.1, -0.05) is 0 Å². The minimum atomic E-state index is -0.642. The zero-order valence-electron chi connectivity index (χ0n) is 7.66. The highest BCUT2D eigenvalue weighted by molar-refractivity contribution is 6.00. The van der Waals surface area contributed by atoms with Crippen LogP contribution in [-0.2, 0) is 14.3 Å². The lowest BCUT2D eigenvalue weighted by atomic mass is 10.2. The summed E-state index contributed by atoms with van der Waals surface area (Å²) in [7, 11) is 0. The van der Waals surface area contributed by atoms with E-state index in [1.54, 1.807) is 13.8 Å². The fraction of sp³-hybridized carbons (Fsp3) is 0.556. The predicted molar refractivity (Wildman–Crippen MR) is 44.6 cm³/mol. The second kappa shape index (κ2) is 2.58. The monoisotopic (exact) mass is 181 g/mol. The van der Waals surface area contributed by atoms with Crippen LogP contribution in [0.25, 0.3) is 0 Å². The third-order valence-corrected chi connectivity index (χ3v) is 2.56. The third kappa shape index (κ3) is 1.05. The van der Waals surface area contributed by atoms with Gasteiger partial charge in [0.1, 0.15) is 5.76 Å². The number of hydrogen-bond acceptors (Lipinski definition) is 3. The molecule has 0 aliphatic carbocycles. The van der Waals surface area contributed by atoms with Crippen LogP contribution in [0.2, 0.25) is 0 Å². The lowest BCUT2D eigenvalue weighted by Gasteiger charge is -2.30. The van der Waals surface area contributed by atoms with E-state index in [1.165, 1.54) is 4.90 Å². The molecule has 70 valence electrons. The van der Waals surface area contributed by atoms with Gasteiger partial charge < -0.3 is 4.74 Å². The van der Waals surface area contributed by atoms with Crippen molar-refractivity contribution in [1.29, 1.82) is 0 Å². The van der Waals surface area contributed by atoms with Gasteiger partial charge in [-0.2, -0.15) is 0 Å². The van der Waals surface area contributed by atoms with Gasteiger partial charge in [0.2, 0.25) is 6.23 Å². The van der Waals surface area contributed by atoms with Crippen molar-refractivity contribution in [3.05, 3.63) is 11.3 Å². The van der Waals surface area contributed by atoms with E-state index in [-0.39, 0.29) is 11.7 Å². The topological polar surface area (TPSA) is 46.6 Å². The molecule has 1 fully saturated rings. The quantitative estimate of drug-likeness (QED) is 0.544. The Morgan fingerprint density at radius 2 is 2.08 bits per heavy atom. The molecule has 2 aliphatic heterocycles. The summed E-state index contributed by atoms with van der Waals surface area (Å²) in [4.78, 5) is 24.4. The van der Waals surface area contributed by atoms with E-state index in [2.05, 4.69) is 0 Å². The molecule has 4 heteroatoms. The fourth-order valence-electron chi connectivity index (χ4n) is 1.60. The van der Waals surface area contributed by atoms with Crippen LogP contribution in [0, 0.1) is 0 Å². The molecule has 1 saturated heterocycles. The molecule has 0 N–H and O–H groups in total. The van der Waals surface area contributed by atoms with Crippen LogP contribution in [-0.4, -0.2) is 29.4 Å². The number of Topliss-reactive ketones (excluding diaryl/α,β-unsaturated/α-hetero) is 1. The first-order valence-corrected chi connectivity index (χ1v) is 4.29. The van der Waals surface area contributed by atoms with E-state index in [0.717, 1.165) is 0 Å². The van der Waals surface area contributed by atoms with Gasteiger partial charge in [-0.15, -0.1) is 0 Å². The van der Waals surface area contributed by atoms with Gasteiger partial charge in [0, 0.05) is 13.0 Å². The number of carbonyl (C=O) groups excluding carboxylic acids is 2. The maximum Gasteiger partial charge on any atom is 0.256 e. The third-order valence-electron chi connectivity index (χ3n) is 2.56. The van der Waals surface area contributed by atoms with Gasteiger partial charge in [0.25, 0.3) is 5.91 Å². The smallest absolute Gasteiger partial charge is 0.256 e. The summed E-state index contributed by atoms with van der Waals surface area (Å²) in [5, 5.41) is 0. The number of allylic oxidation sites excluding steroid dienone is 1. The van der Waals surface area contributed by atoms with E-state index in [0.29, 0.717) is 24.3 Å². The maximum absolute atomic E-state index is 11.6. The summed E-state index contributed by atoms with van der Waals surface area (Å²) < 4.78 is 5.34. The lowest BCUT2D eigenvalue weighted by Crippen LogP contribution is -2.43. The highest BCUT2D eigenvalue weighted by Gasteiger charge is 2.41. The molecule has 0 aromatic rings. The van der Waals surface area contributed by atoms with Crippen molar-refractivity contribution in [2.24, 2.45) is 0 Å². The SMILES string of the molecule is CC1=C(C)C(=O)N2CCC(=O)C2O1. The maximum atomic E-state index is 11.6. The number of rotatable bonds is 0. The fourth-order valence-corrected chi connectivity index (χ4v) is 1.60. The van der Waals surface area contributed by atoms with Crippen molar-refractivity contribution < 1.29 is 14.3 Å². The number of nitrogens with zero attached hydrogens (tertiary/aromatic N) is 1. The summed E-state index contributed by atoms with van der Waals surface area (Å²) in [6.07, 6.45) is -0.229. The van der Waals surface area contributed by atoms with Crippen molar-refractivity contribution in [3.63, 3.8) is 0 Å². The molecule has 0 spiro atoms. The van der Waals surface area contributed by atoms with Gasteiger partial charge in [-0.3, -0.25) is 14.5 Å². The molecule has 1 atom stereocenters.